The van der Waals surface area contributed by atoms with Crippen LogP contribution in [0.25, 0.3) is 0 Å². The van der Waals surface area contributed by atoms with Gasteiger partial charge in [0.1, 0.15) is 17.8 Å². The summed E-state index contributed by atoms with van der Waals surface area (Å²) in [5, 5.41) is 2.74. The number of hydrogen-bond donors (Lipinski definition) is 1. The summed E-state index contributed by atoms with van der Waals surface area (Å²) in [5.74, 6) is -0.111. The highest BCUT2D eigenvalue weighted by Crippen LogP contribution is 2.27. The third-order valence-electron chi connectivity index (χ3n) is 5.17. The van der Waals surface area contributed by atoms with Gasteiger partial charge in [0.2, 0.25) is 5.91 Å². The quantitative estimate of drug-likeness (QED) is 0.626. The fourth-order valence-corrected chi connectivity index (χ4v) is 3.88. The Labute approximate surface area is 184 Å². The lowest BCUT2D eigenvalue weighted by Gasteiger charge is -2.24. The van der Waals surface area contributed by atoms with Crippen LogP contribution in [0.3, 0.4) is 0 Å². The lowest BCUT2D eigenvalue weighted by molar-refractivity contribution is -0.138. The first-order chi connectivity index (χ1) is 14.2. The number of urea groups is 1. The minimum atomic E-state index is -1.15. The molecule has 1 fully saturated rings. The summed E-state index contributed by atoms with van der Waals surface area (Å²) >= 11 is 3.46. The predicted molar refractivity (Wildman–Crippen MR) is 116 cm³/mol. The minimum Gasteiger partial charge on any atom is -0.496 e. The van der Waals surface area contributed by atoms with E-state index in [0.29, 0.717) is 12.3 Å². The van der Waals surface area contributed by atoms with Gasteiger partial charge in [-0.3, -0.25) is 14.5 Å². The van der Waals surface area contributed by atoms with Crippen molar-refractivity contribution in [3.05, 3.63) is 64.1 Å². The molecule has 1 heterocycles. The second-order valence-corrected chi connectivity index (χ2v) is 8.34. The molecule has 1 atom stereocenters. The minimum absolute atomic E-state index is 0.263. The number of carbonyl (C=O) groups excluding carboxylic acids is 3. The molecule has 0 unspecified atom stereocenters. The van der Waals surface area contributed by atoms with Crippen LogP contribution in [0.15, 0.2) is 53.0 Å². The highest BCUT2D eigenvalue weighted by molar-refractivity contribution is 9.10. The summed E-state index contributed by atoms with van der Waals surface area (Å²) < 4.78 is 6.24. The number of rotatable bonds is 7. The number of nitrogens with one attached hydrogen (secondary N) is 1. The van der Waals surface area contributed by atoms with Crippen molar-refractivity contribution < 1.29 is 19.1 Å². The van der Waals surface area contributed by atoms with Crippen LogP contribution in [-0.2, 0) is 22.6 Å². The molecule has 2 aromatic rings. The van der Waals surface area contributed by atoms with Crippen molar-refractivity contribution in [1.29, 1.82) is 0 Å². The number of hydrogen-bond acceptors (Lipinski definition) is 4. The molecule has 0 bridgehead atoms. The molecule has 3 rings (SSSR count). The van der Waals surface area contributed by atoms with Gasteiger partial charge in [0.15, 0.2) is 0 Å². The highest BCUT2D eigenvalue weighted by atomic mass is 79.9. The predicted octanol–water partition coefficient (Wildman–Crippen LogP) is 2.97. The SMILES string of the molecule is COc1ccccc1C[C@]1(C)NC(=O)N(CC(=O)N(C)Cc2ccccc2Br)C1=O. The Bertz CT molecular complexity index is 980. The number of imide groups is 1. The van der Waals surface area contributed by atoms with E-state index in [2.05, 4.69) is 21.2 Å². The molecule has 0 saturated carbocycles. The van der Waals surface area contributed by atoms with Gasteiger partial charge in [-0.05, 0) is 30.2 Å². The second-order valence-electron chi connectivity index (χ2n) is 7.48. The molecule has 158 valence electrons. The molecule has 4 amide bonds. The lowest BCUT2D eigenvalue weighted by Crippen LogP contribution is -2.47. The van der Waals surface area contributed by atoms with Crippen LogP contribution in [0.1, 0.15) is 18.1 Å². The fourth-order valence-electron chi connectivity index (χ4n) is 3.47. The first kappa shape index (κ1) is 21.8. The molecular formula is C22H24BrN3O4. The van der Waals surface area contributed by atoms with Crippen molar-refractivity contribution >= 4 is 33.8 Å². The zero-order valence-corrected chi connectivity index (χ0v) is 18.7. The Kier molecular flexibility index (Phi) is 6.45. The number of methoxy groups -OCH3 is 1. The molecule has 0 aromatic heterocycles. The van der Waals surface area contributed by atoms with Crippen molar-refractivity contribution in [1.82, 2.24) is 15.1 Å². The van der Waals surface area contributed by atoms with Crippen LogP contribution in [0.2, 0.25) is 0 Å². The maximum Gasteiger partial charge on any atom is 0.325 e. The van der Waals surface area contributed by atoms with Gasteiger partial charge in [-0.2, -0.15) is 0 Å². The number of ether oxygens (including phenoxy) is 1. The average molecular weight is 474 g/mol. The number of para-hydroxylation sites is 1. The summed E-state index contributed by atoms with van der Waals surface area (Å²) in [6, 6.07) is 14.4. The summed E-state index contributed by atoms with van der Waals surface area (Å²) in [7, 11) is 3.20. The summed E-state index contributed by atoms with van der Waals surface area (Å²) in [5.41, 5.74) is 0.592. The second kappa shape index (κ2) is 8.87. The Morgan fingerprint density at radius 2 is 1.77 bits per heavy atom. The van der Waals surface area contributed by atoms with Gasteiger partial charge < -0.3 is 15.0 Å². The molecule has 8 heteroatoms. The first-order valence-electron chi connectivity index (χ1n) is 9.48. The molecule has 2 aromatic carbocycles. The molecule has 7 nitrogen and oxygen atoms in total. The summed E-state index contributed by atoms with van der Waals surface area (Å²) in [6.45, 7) is 1.71. The highest BCUT2D eigenvalue weighted by Gasteiger charge is 2.48. The number of carbonyl (C=O) groups is 3. The van der Waals surface area contributed by atoms with Gasteiger partial charge in [0, 0.05) is 24.5 Å². The van der Waals surface area contributed by atoms with E-state index in [-0.39, 0.29) is 18.9 Å². The lowest BCUT2D eigenvalue weighted by atomic mass is 9.92. The standard InChI is InChI=1S/C22H24BrN3O4/c1-22(12-15-8-5-7-11-18(15)30-3)20(28)26(21(29)24-22)14-19(27)25(2)13-16-9-4-6-10-17(16)23/h4-11H,12-14H2,1-3H3,(H,24,29)/t22-/m0/s1. The van der Waals surface area contributed by atoms with E-state index in [0.717, 1.165) is 20.5 Å². The van der Waals surface area contributed by atoms with E-state index in [1.165, 1.54) is 4.90 Å². The Balaban J connectivity index is 1.69. The Hall–Kier alpha value is -2.87. The number of likely N-dealkylation sites (N-methyl/N-ethyl adjacent to an activating group) is 1. The van der Waals surface area contributed by atoms with Gasteiger partial charge in [-0.15, -0.1) is 0 Å². The normalized spacial score (nSPS) is 18.3. The molecule has 0 aliphatic carbocycles. The number of benzene rings is 2. The summed E-state index contributed by atoms with van der Waals surface area (Å²) in [6.07, 6.45) is 0.263. The van der Waals surface area contributed by atoms with E-state index >= 15 is 0 Å². The molecule has 0 spiro atoms. The number of halogens is 1. The number of nitrogens with zero attached hydrogens (tertiary/aromatic N) is 2. The maximum absolute atomic E-state index is 13.0. The van der Waals surface area contributed by atoms with Crippen LogP contribution >= 0.6 is 15.9 Å². The Morgan fingerprint density at radius 1 is 1.13 bits per heavy atom. The van der Waals surface area contributed by atoms with Crippen molar-refractivity contribution in [3.63, 3.8) is 0 Å². The molecule has 1 N–H and O–H groups in total. The first-order valence-corrected chi connectivity index (χ1v) is 10.3. The zero-order chi connectivity index (χ0) is 21.9. The van der Waals surface area contributed by atoms with Crippen LogP contribution in [0, 0.1) is 0 Å². The van der Waals surface area contributed by atoms with E-state index in [4.69, 9.17) is 4.74 Å². The fraction of sp³-hybridized carbons (Fsp3) is 0.318. The molecular weight excluding hydrogens is 450 g/mol. The van der Waals surface area contributed by atoms with Gasteiger partial charge in [-0.1, -0.05) is 52.3 Å². The monoisotopic (exact) mass is 473 g/mol. The smallest absolute Gasteiger partial charge is 0.325 e. The van der Waals surface area contributed by atoms with Gasteiger partial charge in [-0.25, -0.2) is 4.79 Å². The van der Waals surface area contributed by atoms with Crippen molar-refractivity contribution in [3.8, 4) is 5.75 Å². The third-order valence-corrected chi connectivity index (χ3v) is 5.94. The van der Waals surface area contributed by atoms with Crippen molar-refractivity contribution in [2.24, 2.45) is 0 Å². The van der Waals surface area contributed by atoms with Gasteiger partial charge in [0.05, 0.1) is 7.11 Å². The van der Waals surface area contributed by atoms with Crippen LogP contribution in [-0.4, -0.2) is 53.9 Å². The largest absolute Gasteiger partial charge is 0.496 e. The van der Waals surface area contributed by atoms with Crippen LogP contribution in [0.5, 0.6) is 5.75 Å². The van der Waals surface area contributed by atoms with Crippen LogP contribution in [0.4, 0.5) is 4.79 Å². The average Bonchev–Trinajstić information content (AvgIpc) is 2.92. The van der Waals surface area contributed by atoms with Gasteiger partial charge in [0.25, 0.3) is 5.91 Å². The van der Waals surface area contributed by atoms with E-state index in [9.17, 15) is 14.4 Å². The van der Waals surface area contributed by atoms with E-state index in [1.807, 2.05) is 42.5 Å². The van der Waals surface area contributed by atoms with Crippen LogP contribution < -0.4 is 10.1 Å². The van der Waals surface area contributed by atoms with E-state index < -0.39 is 17.5 Å². The van der Waals surface area contributed by atoms with E-state index in [1.54, 1.807) is 27.1 Å². The molecule has 0 radical (unpaired) electrons. The maximum atomic E-state index is 13.0. The molecule has 1 aliphatic heterocycles. The zero-order valence-electron chi connectivity index (χ0n) is 17.1. The third kappa shape index (κ3) is 4.48. The van der Waals surface area contributed by atoms with Crippen molar-refractivity contribution in [2.45, 2.75) is 25.4 Å². The Morgan fingerprint density at radius 3 is 2.43 bits per heavy atom. The topological polar surface area (TPSA) is 79.0 Å². The van der Waals surface area contributed by atoms with Crippen molar-refractivity contribution in [2.75, 3.05) is 20.7 Å². The molecule has 1 aliphatic rings. The molecule has 1 saturated heterocycles. The number of amides is 4. The summed E-state index contributed by atoms with van der Waals surface area (Å²) in [4.78, 5) is 40.7. The molecule has 30 heavy (non-hydrogen) atoms. The van der Waals surface area contributed by atoms with Gasteiger partial charge >= 0.3 is 6.03 Å².